The summed E-state index contributed by atoms with van der Waals surface area (Å²) in [4.78, 5) is 23.9. The standard InChI is InChI=1S/C24H20N4O/c29-24(27-21-9-3-7-18-8-4-12-26-23(18)21)22-15-20(10-13-25-22)28-14-11-17-5-1-2-6-19(17)16-28/h1-10,12-13,15H,11,14,16H2,(H,27,29). The molecule has 142 valence electrons. The lowest BCUT2D eigenvalue weighted by Gasteiger charge is -2.30. The van der Waals surface area contributed by atoms with Crippen LogP contribution < -0.4 is 10.2 Å². The number of anilines is 2. The van der Waals surface area contributed by atoms with Crippen LogP contribution in [0.1, 0.15) is 21.6 Å². The number of nitrogens with one attached hydrogen (secondary N) is 1. The fourth-order valence-corrected chi connectivity index (χ4v) is 3.85. The summed E-state index contributed by atoms with van der Waals surface area (Å²) >= 11 is 0. The first-order chi connectivity index (χ1) is 14.3. The molecule has 1 aliphatic rings. The molecule has 4 aromatic rings. The summed E-state index contributed by atoms with van der Waals surface area (Å²) in [5.74, 6) is -0.234. The Kier molecular flexibility index (Phi) is 4.41. The van der Waals surface area contributed by atoms with Gasteiger partial charge in [-0.25, -0.2) is 0 Å². The third-order valence-electron chi connectivity index (χ3n) is 5.35. The Morgan fingerprint density at radius 2 is 1.76 bits per heavy atom. The zero-order valence-electron chi connectivity index (χ0n) is 15.9. The van der Waals surface area contributed by atoms with E-state index < -0.39 is 0 Å². The largest absolute Gasteiger partial charge is 0.367 e. The van der Waals surface area contributed by atoms with E-state index in [4.69, 9.17) is 0 Å². The lowest BCUT2D eigenvalue weighted by molar-refractivity contribution is 0.102. The van der Waals surface area contributed by atoms with Gasteiger partial charge in [0, 0.05) is 36.6 Å². The molecule has 3 heterocycles. The molecule has 0 fully saturated rings. The van der Waals surface area contributed by atoms with Crippen LogP contribution in [0.5, 0.6) is 0 Å². The summed E-state index contributed by atoms with van der Waals surface area (Å²) in [5.41, 5.74) is 5.60. The second-order valence-corrected chi connectivity index (χ2v) is 7.17. The second-order valence-electron chi connectivity index (χ2n) is 7.17. The molecule has 0 radical (unpaired) electrons. The number of hydrogen-bond donors (Lipinski definition) is 1. The Labute approximate surface area is 169 Å². The number of carbonyl (C=O) groups is 1. The second kappa shape index (κ2) is 7.36. The van der Waals surface area contributed by atoms with Crippen LogP contribution in [-0.2, 0) is 13.0 Å². The van der Waals surface area contributed by atoms with E-state index in [1.54, 1.807) is 12.4 Å². The Balaban J connectivity index is 1.39. The van der Waals surface area contributed by atoms with Gasteiger partial charge >= 0.3 is 0 Å². The maximum Gasteiger partial charge on any atom is 0.274 e. The maximum atomic E-state index is 12.9. The third kappa shape index (κ3) is 3.43. The normalized spacial score (nSPS) is 13.2. The van der Waals surface area contributed by atoms with E-state index in [0.717, 1.165) is 36.1 Å². The highest BCUT2D eigenvalue weighted by molar-refractivity contribution is 6.07. The van der Waals surface area contributed by atoms with Gasteiger partial charge in [0.2, 0.25) is 0 Å². The zero-order chi connectivity index (χ0) is 19.6. The molecule has 1 N–H and O–H groups in total. The Morgan fingerprint density at radius 3 is 2.69 bits per heavy atom. The van der Waals surface area contributed by atoms with Crippen LogP contribution in [0.3, 0.4) is 0 Å². The Hall–Kier alpha value is -3.73. The van der Waals surface area contributed by atoms with Gasteiger partial charge in [-0.05, 0) is 41.8 Å². The fourth-order valence-electron chi connectivity index (χ4n) is 3.85. The minimum atomic E-state index is -0.234. The van der Waals surface area contributed by atoms with Crippen molar-refractivity contribution < 1.29 is 4.79 Å². The molecule has 2 aromatic heterocycles. The first-order valence-corrected chi connectivity index (χ1v) is 9.71. The number of benzene rings is 2. The van der Waals surface area contributed by atoms with Crippen LogP contribution in [-0.4, -0.2) is 22.4 Å². The summed E-state index contributed by atoms with van der Waals surface area (Å²) in [7, 11) is 0. The molecule has 0 saturated heterocycles. The summed E-state index contributed by atoms with van der Waals surface area (Å²) in [6.45, 7) is 1.77. The van der Waals surface area contributed by atoms with Gasteiger partial charge in [-0.2, -0.15) is 0 Å². The van der Waals surface area contributed by atoms with Gasteiger partial charge in [0.1, 0.15) is 5.69 Å². The molecule has 0 atom stereocenters. The molecular formula is C24H20N4O. The van der Waals surface area contributed by atoms with Crippen LogP contribution in [0.25, 0.3) is 10.9 Å². The van der Waals surface area contributed by atoms with E-state index in [9.17, 15) is 4.79 Å². The average Bonchev–Trinajstić information content (AvgIpc) is 2.79. The number of pyridine rings is 2. The summed E-state index contributed by atoms with van der Waals surface area (Å²) in [5, 5.41) is 3.95. The minimum absolute atomic E-state index is 0.234. The predicted molar refractivity (Wildman–Crippen MR) is 115 cm³/mol. The number of nitrogens with zero attached hydrogens (tertiary/aromatic N) is 3. The SMILES string of the molecule is O=C(Nc1cccc2cccnc12)c1cc(N2CCc3ccccc3C2)ccn1. The molecule has 29 heavy (non-hydrogen) atoms. The number of carbonyl (C=O) groups excluding carboxylic acids is 1. The predicted octanol–water partition coefficient (Wildman–Crippen LogP) is 4.44. The molecule has 5 nitrogen and oxygen atoms in total. The van der Waals surface area contributed by atoms with Gasteiger partial charge in [0.15, 0.2) is 0 Å². The molecule has 0 saturated carbocycles. The summed E-state index contributed by atoms with van der Waals surface area (Å²) in [6, 6.07) is 22.0. The van der Waals surface area contributed by atoms with Crippen molar-refractivity contribution in [2.75, 3.05) is 16.8 Å². The topological polar surface area (TPSA) is 58.1 Å². The van der Waals surface area contributed by atoms with Crippen molar-refractivity contribution in [1.82, 2.24) is 9.97 Å². The van der Waals surface area contributed by atoms with Gasteiger partial charge in [-0.1, -0.05) is 42.5 Å². The third-order valence-corrected chi connectivity index (χ3v) is 5.35. The fraction of sp³-hybridized carbons (Fsp3) is 0.125. The van der Waals surface area contributed by atoms with E-state index in [0.29, 0.717) is 11.4 Å². The number of amides is 1. The number of fused-ring (bicyclic) bond motifs is 2. The number of aromatic nitrogens is 2. The molecule has 5 rings (SSSR count). The highest BCUT2D eigenvalue weighted by Crippen LogP contribution is 2.25. The van der Waals surface area contributed by atoms with E-state index in [1.807, 2.05) is 42.5 Å². The van der Waals surface area contributed by atoms with Crippen molar-refractivity contribution in [1.29, 1.82) is 0 Å². The van der Waals surface area contributed by atoms with Crippen molar-refractivity contribution in [3.05, 3.63) is 95.9 Å². The minimum Gasteiger partial charge on any atom is -0.367 e. The Bertz CT molecular complexity index is 1200. The molecule has 1 amide bonds. The number of rotatable bonds is 3. The van der Waals surface area contributed by atoms with E-state index in [1.165, 1.54) is 11.1 Å². The van der Waals surface area contributed by atoms with Crippen LogP contribution in [0.4, 0.5) is 11.4 Å². The summed E-state index contributed by atoms with van der Waals surface area (Å²) in [6.07, 6.45) is 4.43. The van der Waals surface area contributed by atoms with Crippen LogP contribution in [0.2, 0.25) is 0 Å². The van der Waals surface area contributed by atoms with Crippen molar-refractivity contribution in [2.45, 2.75) is 13.0 Å². The van der Waals surface area contributed by atoms with Crippen molar-refractivity contribution in [3.8, 4) is 0 Å². The Morgan fingerprint density at radius 1 is 0.897 bits per heavy atom. The first-order valence-electron chi connectivity index (χ1n) is 9.71. The quantitative estimate of drug-likeness (QED) is 0.571. The molecule has 1 aliphatic heterocycles. The molecule has 0 aliphatic carbocycles. The molecule has 0 unspecified atom stereocenters. The first kappa shape index (κ1) is 17.4. The number of para-hydroxylation sites is 1. The van der Waals surface area contributed by atoms with E-state index in [2.05, 4.69) is 44.5 Å². The molecular weight excluding hydrogens is 360 g/mol. The molecule has 0 spiro atoms. The van der Waals surface area contributed by atoms with Crippen molar-refractivity contribution in [2.24, 2.45) is 0 Å². The lowest BCUT2D eigenvalue weighted by Crippen LogP contribution is -2.30. The van der Waals surface area contributed by atoms with Gasteiger partial charge < -0.3 is 10.2 Å². The van der Waals surface area contributed by atoms with E-state index in [-0.39, 0.29) is 5.91 Å². The van der Waals surface area contributed by atoms with Gasteiger partial charge in [0.25, 0.3) is 5.91 Å². The monoisotopic (exact) mass is 380 g/mol. The average molecular weight is 380 g/mol. The van der Waals surface area contributed by atoms with Crippen LogP contribution >= 0.6 is 0 Å². The highest BCUT2D eigenvalue weighted by Gasteiger charge is 2.18. The van der Waals surface area contributed by atoms with Crippen molar-refractivity contribution >= 4 is 28.2 Å². The molecule has 5 heteroatoms. The smallest absolute Gasteiger partial charge is 0.274 e. The van der Waals surface area contributed by atoms with Crippen LogP contribution in [0.15, 0.2) is 79.1 Å². The van der Waals surface area contributed by atoms with Gasteiger partial charge in [-0.3, -0.25) is 14.8 Å². The zero-order valence-corrected chi connectivity index (χ0v) is 15.9. The summed E-state index contributed by atoms with van der Waals surface area (Å²) < 4.78 is 0. The maximum absolute atomic E-state index is 12.9. The molecule has 0 bridgehead atoms. The van der Waals surface area contributed by atoms with Gasteiger partial charge in [0.05, 0.1) is 11.2 Å². The highest BCUT2D eigenvalue weighted by atomic mass is 16.1. The van der Waals surface area contributed by atoms with Crippen LogP contribution in [0, 0.1) is 0 Å². The van der Waals surface area contributed by atoms with E-state index >= 15 is 0 Å². The van der Waals surface area contributed by atoms with Gasteiger partial charge in [-0.15, -0.1) is 0 Å². The van der Waals surface area contributed by atoms with Crippen molar-refractivity contribution in [3.63, 3.8) is 0 Å². The molecule has 2 aromatic carbocycles. The number of hydrogen-bond acceptors (Lipinski definition) is 4. The lowest BCUT2D eigenvalue weighted by atomic mass is 9.99.